The molecule has 0 saturated carbocycles. The van der Waals surface area contributed by atoms with Crippen LogP contribution >= 0.6 is 11.8 Å². The molecular formula is C26H22FN5O2S. The molecule has 1 unspecified atom stereocenters. The molecule has 1 atom stereocenters. The number of fused-ring (bicyclic) bond motifs is 3. The van der Waals surface area contributed by atoms with E-state index in [1.807, 2.05) is 50.2 Å². The number of hydrogen-bond acceptors (Lipinski definition) is 5. The molecule has 2 heterocycles. The van der Waals surface area contributed by atoms with E-state index in [0.717, 1.165) is 11.1 Å². The summed E-state index contributed by atoms with van der Waals surface area (Å²) in [6, 6.07) is 19.1. The van der Waals surface area contributed by atoms with Crippen LogP contribution in [0, 0.1) is 19.7 Å². The first-order chi connectivity index (χ1) is 16.8. The van der Waals surface area contributed by atoms with Gasteiger partial charge in [0.2, 0.25) is 11.7 Å². The zero-order valence-electron chi connectivity index (χ0n) is 19.3. The highest BCUT2D eigenvalue weighted by atomic mass is 32.2. The number of rotatable bonds is 5. The highest BCUT2D eigenvalue weighted by Crippen LogP contribution is 2.27. The van der Waals surface area contributed by atoms with Crippen molar-refractivity contribution < 1.29 is 9.18 Å². The maximum atomic E-state index is 14.0. The Kier molecular flexibility index (Phi) is 5.86. The van der Waals surface area contributed by atoms with Crippen molar-refractivity contribution >= 4 is 40.0 Å². The fourth-order valence-electron chi connectivity index (χ4n) is 4.04. The topological polar surface area (TPSA) is 81.3 Å². The minimum atomic E-state index is -0.609. The monoisotopic (exact) mass is 487 g/mol. The molecule has 1 N–H and O–H groups in total. The SMILES string of the molecule is Cc1ccc(-n2c(=O)c3ccccc3n3c(SC(C)C(=O)Nc4ccccc4F)nnc23)c(C)c1. The Hall–Kier alpha value is -3.98. The third kappa shape index (κ3) is 4.08. The van der Waals surface area contributed by atoms with Crippen LogP contribution in [0.1, 0.15) is 18.1 Å². The lowest BCUT2D eigenvalue weighted by Gasteiger charge is -2.15. The summed E-state index contributed by atoms with van der Waals surface area (Å²) in [4.78, 5) is 26.3. The highest BCUT2D eigenvalue weighted by Gasteiger charge is 2.23. The van der Waals surface area contributed by atoms with E-state index in [2.05, 4.69) is 15.5 Å². The lowest BCUT2D eigenvalue weighted by molar-refractivity contribution is -0.115. The van der Waals surface area contributed by atoms with Gasteiger partial charge >= 0.3 is 0 Å². The Bertz CT molecular complexity index is 1660. The van der Waals surface area contributed by atoms with E-state index in [-0.39, 0.29) is 17.2 Å². The third-order valence-electron chi connectivity index (χ3n) is 5.77. The fraction of sp³-hybridized carbons (Fsp3) is 0.154. The van der Waals surface area contributed by atoms with Crippen molar-refractivity contribution in [3.05, 3.63) is 94.0 Å². The van der Waals surface area contributed by atoms with Crippen LogP contribution < -0.4 is 10.9 Å². The van der Waals surface area contributed by atoms with Crippen LogP contribution in [-0.2, 0) is 4.79 Å². The van der Waals surface area contributed by atoms with Gasteiger partial charge in [-0.15, -0.1) is 10.2 Å². The second kappa shape index (κ2) is 8.99. The van der Waals surface area contributed by atoms with Crippen LogP contribution in [0.4, 0.5) is 10.1 Å². The van der Waals surface area contributed by atoms with Crippen molar-refractivity contribution in [2.75, 3.05) is 5.32 Å². The zero-order valence-corrected chi connectivity index (χ0v) is 20.1. The van der Waals surface area contributed by atoms with Gasteiger partial charge in [-0.1, -0.05) is 53.7 Å². The number of carbonyl (C=O) groups excluding carboxylic acids is 1. The van der Waals surface area contributed by atoms with Crippen molar-refractivity contribution in [3.63, 3.8) is 0 Å². The molecular weight excluding hydrogens is 465 g/mol. The number of halogens is 1. The Labute approximate surface area is 204 Å². The number of aryl methyl sites for hydroxylation is 2. The molecule has 0 aliphatic rings. The molecule has 0 aliphatic heterocycles. The lowest BCUT2D eigenvalue weighted by atomic mass is 10.1. The van der Waals surface area contributed by atoms with E-state index in [1.54, 1.807) is 34.1 Å². The minimum absolute atomic E-state index is 0.116. The van der Waals surface area contributed by atoms with Gasteiger partial charge in [-0.05, 0) is 56.7 Å². The van der Waals surface area contributed by atoms with E-state index < -0.39 is 11.1 Å². The van der Waals surface area contributed by atoms with E-state index in [1.165, 1.54) is 23.9 Å². The Morgan fingerprint density at radius 1 is 1.03 bits per heavy atom. The number of amides is 1. The predicted molar refractivity (Wildman–Crippen MR) is 136 cm³/mol. The van der Waals surface area contributed by atoms with Gasteiger partial charge in [0.1, 0.15) is 5.82 Å². The standard InChI is InChI=1S/C26H22FN5O2S/c1-15-12-13-21(16(2)14-15)31-24(34)18-8-4-7-11-22(18)32-25(31)29-30-26(32)35-17(3)23(33)28-20-10-6-5-9-19(20)27/h4-14,17H,1-3H3,(H,28,33). The molecule has 2 aromatic heterocycles. The van der Waals surface area contributed by atoms with Gasteiger partial charge in [-0.2, -0.15) is 0 Å². The first-order valence-corrected chi connectivity index (χ1v) is 11.9. The summed E-state index contributed by atoms with van der Waals surface area (Å²) in [7, 11) is 0. The summed E-state index contributed by atoms with van der Waals surface area (Å²) >= 11 is 1.18. The van der Waals surface area contributed by atoms with Gasteiger partial charge < -0.3 is 5.32 Å². The second-order valence-corrected chi connectivity index (χ2v) is 9.60. The summed E-state index contributed by atoms with van der Waals surface area (Å²) in [5, 5.41) is 11.6. The average molecular weight is 488 g/mol. The Morgan fingerprint density at radius 2 is 1.77 bits per heavy atom. The molecule has 0 radical (unpaired) electrons. The quantitative estimate of drug-likeness (QED) is 0.356. The minimum Gasteiger partial charge on any atom is -0.323 e. The van der Waals surface area contributed by atoms with Gasteiger partial charge in [0.05, 0.1) is 27.5 Å². The number of nitrogens with one attached hydrogen (secondary N) is 1. The van der Waals surface area contributed by atoms with E-state index in [4.69, 9.17) is 0 Å². The first kappa shape index (κ1) is 22.8. The van der Waals surface area contributed by atoms with Gasteiger partial charge in [0, 0.05) is 0 Å². The molecule has 5 rings (SSSR count). The van der Waals surface area contributed by atoms with Gasteiger partial charge in [-0.25, -0.2) is 8.96 Å². The summed E-state index contributed by atoms with van der Waals surface area (Å²) in [5.74, 6) is -0.525. The number of thioether (sulfide) groups is 1. The molecule has 176 valence electrons. The number of anilines is 1. The largest absolute Gasteiger partial charge is 0.323 e. The zero-order chi connectivity index (χ0) is 24.7. The molecule has 9 heteroatoms. The molecule has 35 heavy (non-hydrogen) atoms. The molecule has 0 bridgehead atoms. The van der Waals surface area contributed by atoms with Crippen molar-refractivity contribution in [3.8, 4) is 5.69 Å². The van der Waals surface area contributed by atoms with Crippen LogP contribution in [0.25, 0.3) is 22.4 Å². The normalized spacial score (nSPS) is 12.2. The Balaban J connectivity index is 1.62. The Morgan fingerprint density at radius 3 is 2.54 bits per heavy atom. The predicted octanol–water partition coefficient (Wildman–Crippen LogP) is 4.91. The molecule has 0 fully saturated rings. The fourth-order valence-corrected chi connectivity index (χ4v) is 4.89. The van der Waals surface area contributed by atoms with Crippen molar-refractivity contribution in [2.24, 2.45) is 0 Å². The van der Waals surface area contributed by atoms with Crippen LogP contribution in [0.2, 0.25) is 0 Å². The highest BCUT2D eigenvalue weighted by molar-refractivity contribution is 8.00. The van der Waals surface area contributed by atoms with Crippen molar-refractivity contribution in [2.45, 2.75) is 31.2 Å². The third-order valence-corrected chi connectivity index (χ3v) is 6.81. The summed E-state index contributed by atoms with van der Waals surface area (Å²) < 4.78 is 17.3. The second-order valence-electron chi connectivity index (χ2n) is 8.29. The number of para-hydroxylation sites is 2. The molecule has 0 aliphatic carbocycles. The molecule has 0 saturated heterocycles. The van der Waals surface area contributed by atoms with Crippen molar-refractivity contribution in [1.29, 1.82) is 0 Å². The van der Waals surface area contributed by atoms with Crippen LogP contribution in [0.5, 0.6) is 0 Å². The molecule has 5 aromatic rings. The number of aromatic nitrogens is 4. The summed E-state index contributed by atoms with van der Waals surface area (Å²) in [6.07, 6.45) is 0. The van der Waals surface area contributed by atoms with Crippen molar-refractivity contribution in [1.82, 2.24) is 19.2 Å². The molecule has 3 aromatic carbocycles. The number of carbonyl (C=O) groups is 1. The molecule has 7 nitrogen and oxygen atoms in total. The maximum absolute atomic E-state index is 14.0. The summed E-state index contributed by atoms with van der Waals surface area (Å²) in [5.41, 5.74) is 3.29. The maximum Gasteiger partial charge on any atom is 0.267 e. The van der Waals surface area contributed by atoms with E-state index >= 15 is 0 Å². The number of benzene rings is 3. The summed E-state index contributed by atoms with van der Waals surface area (Å²) in [6.45, 7) is 5.65. The van der Waals surface area contributed by atoms with Crippen LogP contribution in [0.15, 0.2) is 76.7 Å². The van der Waals surface area contributed by atoms with Crippen LogP contribution in [0.3, 0.4) is 0 Å². The van der Waals surface area contributed by atoms with E-state index in [0.29, 0.717) is 27.5 Å². The van der Waals surface area contributed by atoms with Gasteiger partial charge in [0.25, 0.3) is 5.56 Å². The number of nitrogens with zero attached hydrogens (tertiary/aromatic N) is 4. The van der Waals surface area contributed by atoms with E-state index in [9.17, 15) is 14.0 Å². The molecule has 1 amide bonds. The number of hydrogen-bond donors (Lipinski definition) is 1. The molecule has 0 spiro atoms. The van der Waals surface area contributed by atoms with Gasteiger partial charge in [0.15, 0.2) is 5.16 Å². The van der Waals surface area contributed by atoms with Gasteiger partial charge in [-0.3, -0.25) is 14.0 Å². The lowest BCUT2D eigenvalue weighted by Crippen LogP contribution is -2.24. The first-order valence-electron chi connectivity index (χ1n) is 11.0. The van der Waals surface area contributed by atoms with Crippen LogP contribution in [-0.4, -0.2) is 30.3 Å². The smallest absolute Gasteiger partial charge is 0.267 e. The average Bonchev–Trinajstić information content (AvgIpc) is 3.25.